The second-order valence-corrected chi connectivity index (χ2v) is 3.02. The minimum atomic E-state index is -0.00759. The molecule has 2 nitrogen and oxygen atoms in total. The van der Waals surface area contributed by atoms with E-state index in [4.69, 9.17) is 9.47 Å². The van der Waals surface area contributed by atoms with E-state index in [1.54, 1.807) is 0 Å². The molecule has 0 amide bonds. The predicted octanol–water partition coefficient (Wildman–Crippen LogP) is 2.12. The SMILES string of the molecule is Cc1cccc(OC2CCO2)c1. The van der Waals surface area contributed by atoms with Gasteiger partial charge in [-0.2, -0.15) is 0 Å². The van der Waals surface area contributed by atoms with Gasteiger partial charge >= 0.3 is 0 Å². The molecule has 1 aliphatic heterocycles. The van der Waals surface area contributed by atoms with Gasteiger partial charge in [-0.1, -0.05) is 12.1 Å². The highest BCUT2D eigenvalue weighted by Crippen LogP contribution is 2.19. The third-order valence-corrected chi connectivity index (χ3v) is 1.91. The van der Waals surface area contributed by atoms with Crippen molar-refractivity contribution in [2.75, 3.05) is 6.61 Å². The Kier molecular flexibility index (Phi) is 2.00. The van der Waals surface area contributed by atoms with Crippen LogP contribution in [0.2, 0.25) is 0 Å². The quantitative estimate of drug-likeness (QED) is 0.666. The largest absolute Gasteiger partial charge is 0.465 e. The molecule has 2 rings (SSSR count). The zero-order chi connectivity index (χ0) is 8.39. The van der Waals surface area contributed by atoms with Gasteiger partial charge < -0.3 is 9.47 Å². The molecule has 1 fully saturated rings. The van der Waals surface area contributed by atoms with Gasteiger partial charge in [-0.05, 0) is 24.6 Å². The summed E-state index contributed by atoms with van der Waals surface area (Å²) in [6, 6.07) is 8.01. The van der Waals surface area contributed by atoms with Gasteiger partial charge in [0.1, 0.15) is 5.75 Å². The first kappa shape index (κ1) is 7.62. The Balaban J connectivity index is 2.02. The predicted molar refractivity (Wildman–Crippen MR) is 46.2 cm³/mol. The molecule has 1 aliphatic rings. The number of ether oxygens (including phenoxy) is 2. The molecule has 1 heterocycles. The van der Waals surface area contributed by atoms with Gasteiger partial charge in [0, 0.05) is 6.42 Å². The Hall–Kier alpha value is -1.02. The van der Waals surface area contributed by atoms with Gasteiger partial charge in [-0.3, -0.25) is 0 Å². The fourth-order valence-corrected chi connectivity index (χ4v) is 1.15. The first-order valence-electron chi connectivity index (χ1n) is 4.19. The van der Waals surface area contributed by atoms with E-state index < -0.39 is 0 Å². The number of benzene rings is 1. The van der Waals surface area contributed by atoms with Crippen molar-refractivity contribution in [3.05, 3.63) is 29.8 Å². The molecule has 0 radical (unpaired) electrons. The summed E-state index contributed by atoms with van der Waals surface area (Å²) in [5.74, 6) is 0.903. The van der Waals surface area contributed by atoms with Crippen LogP contribution in [0.15, 0.2) is 24.3 Å². The summed E-state index contributed by atoms with van der Waals surface area (Å²) in [6.45, 7) is 2.88. The fourth-order valence-electron chi connectivity index (χ4n) is 1.15. The highest BCUT2D eigenvalue weighted by molar-refractivity contribution is 5.27. The molecule has 0 spiro atoms. The van der Waals surface area contributed by atoms with Gasteiger partial charge in [0.2, 0.25) is 6.29 Å². The van der Waals surface area contributed by atoms with E-state index in [-0.39, 0.29) is 6.29 Å². The second kappa shape index (κ2) is 3.15. The summed E-state index contributed by atoms with van der Waals surface area (Å²) in [5, 5.41) is 0. The molecule has 64 valence electrons. The van der Waals surface area contributed by atoms with Crippen LogP contribution >= 0.6 is 0 Å². The van der Waals surface area contributed by atoms with Crippen LogP contribution < -0.4 is 4.74 Å². The minimum absolute atomic E-state index is 0.00759. The van der Waals surface area contributed by atoms with Gasteiger partial charge in [-0.15, -0.1) is 0 Å². The second-order valence-electron chi connectivity index (χ2n) is 3.02. The van der Waals surface area contributed by atoms with E-state index in [0.717, 1.165) is 18.8 Å². The third-order valence-electron chi connectivity index (χ3n) is 1.91. The number of rotatable bonds is 2. The number of aryl methyl sites for hydroxylation is 1. The van der Waals surface area contributed by atoms with Crippen molar-refractivity contribution in [1.29, 1.82) is 0 Å². The Morgan fingerprint density at radius 1 is 1.50 bits per heavy atom. The summed E-state index contributed by atoms with van der Waals surface area (Å²) in [4.78, 5) is 0. The molecule has 1 saturated heterocycles. The minimum Gasteiger partial charge on any atom is -0.465 e. The lowest BCUT2D eigenvalue weighted by Crippen LogP contribution is -2.32. The summed E-state index contributed by atoms with van der Waals surface area (Å²) >= 11 is 0. The zero-order valence-corrected chi connectivity index (χ0v) is 7.12. The maximum absolute atomic E-state index is 5.51. The molecule has 0 aromatic heterocycles. The van der Waals surface area contributed by atoms with E-state index in [9.17, 15) is 0 Å². The highest BCUT2D eigenvalue weighted by Gasteiger charge is 2.19. The van der Waals surface area contributed by atoms with Crippen molar-refractivity contribution in [3.8, 4) is 5.75 Å². The Bertz CT molecular complexity index is 266. The Morgan fingerprint density at radius 2 is 2.33 bits per heavy atom. The molecule has 1 aromatic carbocycles. The van der Waals surface area contributed by atoms with Crippen molar-refractivity contribution in [2.24, 2.45) is 0 Å². The van der Waals surface area contributed by atoms with E-state index in [1.165, 1.54) is 5.56 Å². The summed E-state index contributed by atoms with van der Waals surface area (Å²) in [7, 11) is 0. The fraction of sp³-hybridized carbons (Fsp3) is 0.400. The zero-order valence-electron chi connectivity index (χ0n) is 7.12. The maximum Gasteiger partial charge on any atom is 0.202 e. The highest BCUT2D eigenvalue weighted by atomic mass is 16.7. The smallest absolute Gasteiger partial charge is 0.202 e. The molecule has 0 saturated carbocycles. The summed E-state index contributed by atoms with van der Waals surface area (Å²) < 4.78 is 10.7. The van der Waals surface area contributed by atoms with Crippen molar-refractivity contribution in [3.63, 3.8) is 0 Å². The lowest BCUT2D eigenvalue weighted by atomic mass is 10.2. The first-order chi connectivity index (χ1) is 5.84. The van der Waals surface area contributed by atoms with E-state index in [1.807, 2.05) is 18.2 Å². The van der Waals surface area contributed by atoms with Crippen molar-refractivity contribution in [2.45, 2.75) is 19.6 Å². The van der Waals surface area contributed by atoms with E-state index in [0.29, 0.717) is 0 Å². The molecule has 0 aliphatic carbocycles. The first-order valence-corrected chi connectivity index (χ1v) is 4.19. The summed E-state index contributed by atoms with van der Waals surface area (Å²) in [5.41, 5.74) is 1.21. The Labute approximate surface area is 72.1 Å². The average Bonchev–Trinajstić information content (AvgIpc) is 1.97. The van der Waals surface area contributed by atoms with Crippen LogP contribution in [-0.2, 0) is 4.74 Å². The van der Waals surface area contributed by atoms with Crippen molar-refractivity contribution in [1.82, 2.24) is 0 Å². The molecule has 0 N–H and O–H groups in total. The van der Waals surface area contributed by atoms with Gasteiger partial charge in [0.05, 0.1) is 6.61 Å². The normalized spacial score (nSPS) is 21.6. The molecule has 1 aromatic rings. The standard InChI is InChI=1S/C10H12O2/c1-8-3-2-4-9(7-8)12-10-5-6-11-10/h2-4,7,10H,5-6H2,1H3. The lowest BCUT2D eigenvalue weighted by molar-refractivity contribution is -0.165. The van der Waals surface area contributed by atoms with Gasteiger partial charge in [-0.25, -0.2) is 0 Å². The van der Waals surface area contributed by atoms with Gasteiger partial charge in [0.15, 0.2) is 0 Å². The van der Waals surface area contributed by atoms with Crippen molar-refractivity contribution >= 4 is 0 Å². The van der Waals surface area contributed by atoms with Crippen LogP contribution in [0.4, 0.5) is 0 Å². The van der Waals surface area contributed by atoms with Crippen LogP contribution in [0.25, 0.3) is 0 Å². The molecule has 1 atom stereocenters. The summed E-state index contributed by atoms with van der Waals surface area (Å²) in [6.07, 6.45) is 1.00. The Morgan fingerprint density at radius 3 is 2.92 bits per heavy atom. The molecular weight excluding hydrogens is 152 g/mol. The van der Waals surface area contributed by atoms with E-state index >= 15 is 0 Å². The average molecular weight is 164 g/mol. The lowest BCUT2D eigenvalue weighted by Gasteiger charge is -2.26. The molecule has 2 heteroatoms. The monoisotopic (exact) mass is 164 g/mol. The molecular formula is C10H12O2. The van der Waals surface area contributed by atoms with Crippen LogP contribution in [0.1, 0.15) is 12.0 Å². The van der Waals surface area contributed by atoms with Crippen LogP contribution in [0, 0.1) is 6.92 Å². The molecule has 0 bridgehead atoms. The van der Waals surface area contributed by atoms with Crippen LogP contribution in [0.5, 0.6) is 5.75 Å². The number of hydrogen-bond donors (Lipinski definition) is 0. The van der Waals surface area contributed by atoms with Crippen LogP contribution in [0.3, 0.4) is 0 Å². The third kappa shape index (κ3) is 1.59. The molecule has 1 unspecified atom stereocenters. The van der Waals surface area contributed by atoms with E-state index in [2.05, 4.69) is 13.0 Å². The maximum atomic E-state index is 5.51. The van der Waals surface area contributed by atoms with Crippen LogP contribution in [-0.4, -0.2) is 12.9 Å². The van der Waals surface area contributed by atoms with Crippen molar-refractivity contribution < 1.29 is 9.47 Å². The van der Waals surface area contributed by atoms with Gasteiger partial charge in [0.25, 0.3) is 0 Å². The topological polar surface area (TPSA) is 18.5 Å². The molecule has 12 heavy (non-hydrogen) atoms. The number of hydrogen-bond acceptors (Lipinski definition) is 2.